The summed E-state index contributed by atoms with van der Waals surface area (Å²) >= 11 is 0.405. The second-order valence-corrected chi connectivity index (χ2v) is 10.8. The van der Waals surface area contributed by atoms with Gasteiger partial charge in [0.15, 0.2) is 0 Å². The molecule has 1 fully saturated rings. The van der Waals surface area contributed by atoms with E-state index in [1.807, 2.05) is 0 Å². The van der Waals surface area contributed by atoms with Crippen LogP contribution in [0.2, 0.25) is 5.32 Å². The van der Waals surface area contributed by atoms with Crippen molar-refractivity contribution >= 4 is 25.4 Å². The van der Waals surface area contributed by atoms with Gasteiger partial charge in [0.2, 0.25) is 0 Å². The standard InChI is InChI=1S/C23H32O2Se/c1-16(14-23(4,5)6)12-17(2)22-18(3)19(13-21(24)25-22)15-26-20-10-8-7-9-11-20/h7-12,14,18-19,22H,13,15H2,1-6H3/b16-14+,17-12+/t18-,19-,22-/m0/s1. The molecule has 3 heteroatoms. The van der Waals surface area contributed by atoms with Crippen molar-refractivity contribution in [2.75, 3.05) is 0 Å². The molecular weight excluding hydrogens is 387 g/mol. The molecule has 0 aromatic heterocycles. The number of hydrogen-bond donors (Lipinski definition) is 0. The van der Waals surface area contributed by atoms with E-state index in [1.54, 1.807) is 0 Å². The fourth-order valence-electron chi connectivity index (χ4n) is 3.55. The molecule has 142 valence electrons. The number of carbonyl (C=O) groups is 1. The van der Waals surface area contributed by atoms with E-state index in [0.29, 0.717) is 33.2 Å². The van der Waals surface area contributed by atoms with Gasteiger partial charge in [-0.25, -0.2) is 0 Å². The first-order valence-corrected chi connectivity index (χ1v) is 11.5. The second kappa shape index (κ2) is 9.06. The Bertz CT molecular complexity index is 667. The number of hydrogen-bond acceptors (Lipinski definition) is 2. The van der Waals surface area contributed by atoms with Gasteiger partial charge in [-0.3, -0.25) is 0 Å². The molecule has 2 rings (SSSR count). The monoisotopic (exact) mass is 420 g/mol. The van der Waals surface area contributed by atoms with Gasteiger partial charge in [-0.2, -0.15) is 0 Å². The summed E-state index contributed by atoms with van der Waals surface area (Å²) in [5.74, 6) is 0.709. The molecule has 0 spiro atoms. The summed E-state index contributed by atoms with van der Waals surface area (Å²) in [6, 6.07) is 10.6. The fourth-order valence-corrected chi connectivity index (χ4v) is 6.02. The van der Waals surface area contributed by atoms with E-state index < -0.39 is 0 Å². The molecule has 1 aromatic rings. The van der Waals surface area contributed by atoms with E-state index in [2.05, 4.69) is 84.0 Å². The van der Waals surface area contributed by atoms with E-state index in [9.17, 15) is 4.79 Å². The molecular formula is C23H32O2Se. The maximum atomic E-state index is 12.2. The molecule has 0 amide bonds. The number of cyclic esters (lactones) is 1. The zero-order valence-corrected chi connectivity index (χ0v) is 18.6. The molecule has 1 heterocycles. The molecule has 2 nitrogen and oxygen atoms in total. The normalized spacial score (nSPS) is 25.2. The first-order valence-electron chi connectivity index (χ1n) is 9.40. The molecule has 0 aliphatic carbocycles. The fraction of sp³-hybridized carbons (Fsp3) is 0.522. The third-order valence-electron chi connectivity index (χ3n) is 4.68. The Balaban J connectivity index is 2.08. The van der Waals surface area contributed by atoms with Crippen molar-refractivity contribution in [3.8, 4) is 0 Å². The van der Waals surface area contributed by atoms with Gasteiger partial charge in [-0.05, 0) is 0 Å². The Hall–Kier alpha value is -1.31. The van der Waals surface area contributed by atoms with Crippen LogP contribution in [0, 0.1) is 17.3 Å². The van der Waals surface area contributed by atoms with Crippen LogP contribution in [-0.4, -0.2) is 27.0 Å². The van der Waals surface area contributed by atoms with Crippen LogP contribution in [0.5, 0.6) is 0 Å². The van der Waals surface area contributed by atoms with E-state index >= 15 is 0 Å². The summed E-state index contributed by atoms with van der Waals surface area (Å²) in [5, 5.41) is 1.09. The summed E-state index contributed by atoms with van der Waals surface area (Å²) in [5.41, 5.74) is 2.53. The minimum atomic E-state index is -0.101. The molecule has 1 saturated heterocycles. The van der Waals surface area contributed by atoms with Crippen molar-refractivity contribution < 1.29 is 9.53 Å². The van der Waals surface area contributed by atoms with Gasteiger partial charge < -0.3 is 0 Å². The molecule has 1 aliphatic heterocycles. The third-order valence-corrected chi connectivity index (χ3v) is 7.20. The van der Waals surface area contributed by atoms with E-state index in [1.165, 1.54) is 10.0 Å². The van der Waals surface area contributed by atoms with Crippen molar-refractivity contribution in [1.29, 1.82) is 0 Å². The van der Waals surface area contributed by atoms with Gasteiger partial charge in [-0.15, -0.1) is 0 Å². The Morgan fingerprint density at radius 2 is 1.88 bits per heavy atom. The van der Waals surface area contributed by atoms with Crippen molar-refractivity contribution in [2.45, 2.75) is 59.4 Å². The first-order chi connectivity index (χ1) is 12.2. The maximum absolute atomic E-state index is 12.2. The van der Waals surface area contributed by atoms with Crippen LogP contribution in [0.1, 0.15) is 48.0 Å². The minimum absolute atomic E-state index is 0.0489. The number of benzene rings is 1. The molecule has 1 aromatic carbocycles. The van der Waals surface area contributed by atoms with Crippen LogP contribution >= 0.6 is 0 Å². The van der Waals surface area contributed by atoms with Gasteiger partial charge in [0.25, 0.3) is 0 Å². The van der Waals surface area contributed by atoms with Gasteiger partial charge in [-0.1, -0.05) is 0 Å². The third kappa shape index (κ3) is 6.45. The summed E-state index contributed by atoms with van der Waals surface area (Å²) in [6.45, 7) is 13.1. The summed E-state index contributed by atoms with van der Waals surface area (Å²) in [7, 11) is 0. The predicted octanol–water partition coefficient (Wildman–Crippen LogP) is 4.94. The Morgan fingerprint density at radius 3 is 2.50 bits per heavy atom. The molecule has 26 heavy (non-hydrogen) atoms. The summed E-state index contributed by atoms with van der Waals surface area (Å²) in [6.07, 6.45) is 4.90. The summed E-state index contributed by atoms with van der Waals surface area (Å²) < 4.78 is 7.15. The first kappa shape index (κ1) is 21.0. The molecule has 0 N–H and O–H groups in total. The van der Waals surface area contributed by atoms with Crippen LogP contribution in [-0.2, 0) is 9.53 Å². The van der Waals surface area contributed by atoms with E-state index in [-0.39, 0.29) is 17.5 Å². The molecule has 3 atom stereocenters. The van der Waals surface area contributed by atoms with E-state index in [4.69, 9.17) is 4.74 Å². The van der Waals surface area contributed by atoms with Gasteiger partial charge >= 0.3 is 165 Å². The molecule has 0 bridgehead atoms. The second-order valence-electron chi connectivity index (χ2n) is 8.50. The predicted molar refractivity (Wildman–Crippen MR) is 111 cm³/mol. The number of carbonyl (C=O) groups excluding carboxylic acids is 1. The molecule has 0 unspecified atom stereocenters. The van der Waals surface area contributed by atoms with Crippen LogP contribution in [0.3, 0.4) is 0 Å². The van der Waals surface area contributed by atoms with Crippen LogP contribution in [0.25, 0.3) is 0 Å². The average molecular weight is 419 g/mol. The van der Waals surface area contributed by atoms with Crippen LogP contribution in [0.15, 0.2) is 53.6 Å². The van der Waals surface area contributed by atoms with Gasteiger partial charge in [0.05, 0.1) is 0 Å². The van der Waals surface area contributed by atoms with Crippen LogP contribution < -0.4 is 4.46 Å². The zero-order chi connectivity index (χ0) is 19.3. The number of rotatable bonds is 5. The Labute approximate surface area is 165 Å². The number of allylic oxidation sites excluding steroid dienone is 3. The van der Waals surface area contributed by atoms with Crippen molar-refractivity contribution in [3.05, 3.63) is 53.6 Å². The van der Waals surface area contributed by atoms with Crippen molar-refractivity contribution in [1.82, 2.24) is 0 Å². The van der Waals surface area contributed by atoms with Crippen molar-refractivity contribution in [2.24, 2.45) is 17.3 Å². The van der Waals surface area contributed by atoms with E-state index in [0.717, 1.165) is 10.9 Å². The molecule has 1 aliphatic rings. The van der Waals surface area contributed by atoms with Gasteiger partial charge in [0, 0.05) is 0 Å². The SMILES string of the molecule is CC(=C\C(C)(C)C)/C=C(\C)[C@@H]1OC(=O)C[C@@H](C[Se]c2ccccc2)[C@@H]1C. The quantitative estimate of drug-likeness (QED) is 0.384. The Morgan fingerprint density at radius 1 is 1.23 bits per heavy atom. The van der Waals surface area contributed by atoms with Crippen LogP contribution in [0.4, 0.5) is 0 Å². The van der Waals surface area contributed by atoms with Crippen molar-refractivity contribution in [3.63, 3.8) is 0 Å². The zero-order valence-electron chi connectivity index (χ0n) is 16.9. The summed E-state index contributed by atoms with van der Waals surface area (Å²) in [4.78, 5) is 12.2. The molecule has 0 radical (unpaired) electrons. The number of ether oxygens (including phenoxy) is 1. The molecule has 0 saturated carbocycles. The van der Waals surface area contributed by atoms with Gasteiger partial charge in [0.1, 0.15) is 0 Å². The topological polar surface area (TPSA) is 26.3 Å². The number of esters is 1. The Kier molecular flexibility index (Phi) is 7.32. The average Bonchev–Trinajstić information content (AvgIpc) is 2.54.